The fourth-order valence-corrected chi connectivity index (χ4v) is 7.26. The molecule has 4 N–H and O–H groups in total. The molecule has 3 unspecified atom stereocenters. The minimum atomic E-state index is -0.234. The number of Topliss-reactive ketones (excluding diaryl/α,β-unsaturated/α-hetero) is 1. The van der Waals surface area contributed by atoms with Gasteiger partial charge in [0.1, 0.15) is 29.6 Å². The van der Waals surface area contributed by atoms with Crippen LogP contribution in [0.4, 0.5) is 0 Å². The fraction of sp³-hybridized carbons (Fsp3) is 0.528. The lowest BCUT2D eigenvalue weighted by atomic mass is 9.68. The number of likely N-dealkylation sites (tertiary alicyclic amines) is 1. The second-order valence-electron chi connectivity index (χ2n) is 12.8. The number of ketones is 1. The Kier molecular flexibility index (Phi) is 10.1. The summed E-state index contributed by atoms with van der Waals surface area (Å²) >= 11 is 0. The van der Waals surface area contributed by atoms with E-state index in [-0.39, 0.29) is 29.4 Å². The van der Waals surface area contributed by atoms with E-state index in [0.717, 1.165) is 56.6 Å². The minimum absolute atomic E-state index is 0.143. The molecular formula is C36H48N2O4. The molecule has 1 aliphatic heterocycles. The zero-order valence-corrected chi connectivity index (χ0v) is 25.3. The van der Waals surface area contributed by atoms with Crippen molar-refractivity contribution < 1.29 is 19.7 Å². The summed E-state index contributed by atoms with van der Waals surface area (Å²) in [7, 11) is 0. The van der Waals surface area contributed by atoms with E-state index in [2.05, 4.69) is 43.0 Å². The molecule has 1 heterocycles. The largest absolute Gasteiger partial charge is 0.508 e. The Balaban J connectivity index is 1.04. The molecule has 2 aromatic rings. The van der Waals surface area contributed by atoms with Crippen molar-refractivity contribution in [2.75, 3.05) is 26.2 Å². The topological polar surface area (TPSA) is 96.0 Å². The van der Waals surface area contributed by atoms with Crippen LogP contribution in [0.15, 0.2) is 65.9 Å². The molecule has 6 nitrogen and oxygen atoms in total. The maximum Gasteiger partial charge on any atom is 0.140 e. The molecule has 2 aromatic carbocycles. The second-order valence-corrected chi connectivity index (χ2v) is 12.8. The highest BCUT2D eigenvalue weighted by atomic mass is 16.5. The Bertz CT molecular complexity index is 1280. The molecule has 0 radical (unpaired) electrons. The maximum atomic E-state index is 13.0. The van der Waals surface area contributed by atoms with Crippen LogP contribution in [-0.4, -0.2) is 53.2 Å². The van der Waals surface area contributed by atoms with E-state index in [9.17, 15) is 15.0 Å². The number of carbonyl (C=O) groups excluding carboxylic acids is 1. The summed E-state index contributed by atoms with van der Waals surface area (Å²) in [6, 6.07) is 13.4. The number of allylic oxidation sites excluding steroid dienone is 3. The monoisotopic (exact) mass is 572 g/mol. The Hall–Kier alpha value is -3.09. The standard InChI is InChI=1S/C36H48N2O4/c1-24-3-4-26(21-25(24)2)5-14-35(40)29-7-13-33(36(41)23-29)28-6-12-32(34(37)22-28)27-15-17-38(18-16-27)19-20-42-31-10-8-30(39)9-11-31/h3-4,8-11,13,21,23,27-29,32,34,39,41H,5-7,12,14-20,22,37H2,1-2H3/t28?,29-,32?,34?/m1/s1. The molecule has 5 rings (SSSR count). The molecule has 226 valence electrons. The van der Waals surface area contributed by atoms with Crippen LogP contribution in [0.2, 0.25) is 0 Å². The number of hydrogen-bond acceptors (Lipinski definition) is 6. The van der Waals surface area contributed by atoms with Gasteiger partial charge in [-0.15, -0.1) is 0 Å². The van der Waals surface area contributed by atoms with Gasteiger partial charge in [-0.25, -0.2) is 0 Å². The van der Waals surface area contributed by atoms with E-state index in [1.807, 2.05) is 0 Å². The molecule has 0 amide bonds. The average Bonchev–Trinajstić information content (AvgIpc) is 2.99. The van der Waals surface area contributed by atoms with Crippen molar-refractivity contribution in [1.29, 1.82) is 0 Å². The third kappa shape index (κ3) is 7.64. The van der Waals surface area contributed by atoms with Gasteiger partial charge in [0.05, 0.1) is 0 Å². The number of ether oxygens (including phenoxy) is 1. The van der Waals surface area contributed by atoms with Gasteiger partial charge in [0.2, 0.25) is 0 Å². The fourth-order valence-electron chi connectivity index (χ4n) is 7.26. The second kappa shape index (κ2) is 13.9. The van der Waals surface area contributed by atoms with Crippen LogP contribution in [0.5, 0.6) is 11.5 Å². The van der Waals surface area contributed by atoms with Crippen LogP contribution in [0.25, 0.3) is 0 Å². The predicted molar refractivity (Wildman–Crippen MR) is 168 cm³/mol. The third-order valence-electron chi connectivity index (χ3n) is 10.0. The van der Waals surface area contributed by atoms with Gasteiger partial charge in [-0.2, -0.15) is 0 Å². The highest BCUT2D eigenvalue weighted by Gasteiger charge is 2.37. The van der Waals surface area contributed by atoms with Crippen molar-refractivity contribution >= 4 is 5.78 Å². The molecule has 3 aliphatic rings. The number of nitrogens with two attached hydrogens (primary N) is 1. The zero-order valence-electron chi connectivity index (χ0n) is 25.3. The predicted octanol–water partition coefficient (Wildman–Crippen LogP) is 6.43. The highest BCUT2D eigenvalue weighted by molar-refractivity contribution is 5.83. The number of hydrogen-bond donors (Lipinski definition) is 3. The lowest BCUT2D eigenvalue weighted by Gasteiger charge is -2.43. The molecule has 1 saturated carbocycles. The Morgan fingerprint density at radius 1 is 1.00 bits per heavy atom. The van der Waals surface area contributed by atoms with E-state index in [1.165, 1.54) is 29.5 Å². The number of benzene rings is 2. The zero-order chi connectivity index (χ0) is 29.6. The van der Waals surface area contributed by atoms with E-state index < -0.39 is 0 Å². The molecule has 2 fully saturated rings. The molecule has 0 aromatic heterocycles. The number of phenols is 1. The number of nitrogens with zero attached hydrogens (tertiary/aromatic N) is 1. The van der Waals surface area contributed by atoms with Gasteiger partial charge in [-0.1, -0.05) is 24.3 Å². The lowest BCUT2D eigenvalue weighted by molar-refractivity contribution is -0.121. The summed E-state index contributed by atoms with van der Waals surface area (Å²) in [4.78, 5) is 15.4. The number of piperidine rings is 1. The van der Waals surface area contributed by atoms with Gasteiger partial charge in [0.15, 0.2) is 0 Å². The number of aromatic hydroxyl groups is 1. The normalized spacial score (nSPS) is 25.5. The summed E-state index contributed by atoms with van der Waals surface area (Å²) in [6.45, 7) is 7.91. The molecule has 4 atom stereocenters. The third-order valence-corrected chi connectivity index (χ3v) is 10.0. The molecule has 42 heavy (non-hydrogen) atoms. The van der Waals surface area contributed by atoms with Crippen LogP contribution in [0, 0.1) is 37.5 Å². The van der Waals surface area contributed by atoms with Crippen molar-refractivity contribution in [3.63, 3.8) is 0 Å². The molecular weight excluding hydrogens is 524 g/mol. The van der Waals surface area contributed by atoms with Gasteiger partial charge >= 0.3 is 0 Å². The van der Waals surface area contributed by atoms with E-state index in [1.54, 1.807) is 30.3 Å². The first-order valence-electron chi connectivity index (χ1n) is 15.9. The SMILES string of the molecule is Cc1ccc(CCC(=O)[C@H]2C=C(O)C(C3CCC(C4CCN(CCOc5ccc(O)cc5)CC4)C(N)C3)=CC2)cc1C. The Morgan fingerprint density at radius 3 is 2.45 bits per heavy atom. The quantitative estimate of drug-likeness (QED) is 0.304. The van der Waals surface area contributed by atoms with Crippen molar-refractivity contribution in [2.45, 2.75) is 71.3 Å². The molecule has 0 spiro atoms. The summed E-state index contributed by atoms with van der Waals surface area (Å²) in [5.41, 5.74) is 11.5. The van der Waals surface area contributed by atoms with Crippen LogP contribution in [-0.2, 0) is 11.2 Å². The molecule has 2 aliphatic carbocycles. The van der Waals surface area contributed by atoms with Crippen molar-refractivity contribution in [3.05, 3.63) is 82.6 Å². The van der Waals surface area contributed by atoms with Crippen molar-refractivity contribution in [3.8, 4) is 11.5 Å². The van der Waals surface area contributed by atoms with Gasteiger partial charge < -0.3 is 20.7 Å². The summed E-state index contributed by atoms with van der Waals surface area (Å²) in [5.74, 6) is 2.76. The number of phenolic OH excluding ortho intramolecular Hbond substituents is 1. The minimum Gasteiger partial charge on any atom is -0.508 e. The maximum absolute atomic E-state index is 13.0. The number of aryl methyl sites for hydroxylation is 3. The lowest BCUT2D eigenvalue weighted by Crippen LogP contribution is -2.45. The van der Waals surface area contributed by atoms with E-state index in [4.69, 9.17) is 10.5 Å². The summed E-state index contributed by atoms with van der Waals surface area (Å²) in [5, 5.41) is 20.4. The molecule has 0 bridgehead atoms. The number of rotatable bonds is 10. The van der Waals surface area contributed by atoms with Crippen LogP contribution in [0.1, 0.15) is 61.6 Å². The first kappa shape index (κ1) is 30.4. The highest BCUT2D eigenvalue weighted by Crippen LogP contribution is 2.42. The molecule has 6 heteroatoms. The molecule has 1 saturated heterocycles. The number of aliphatic hydroxyl groups excluding tert-OH is 1. The average molecular weight is 573 g/mol. The van der Waals surface area contributed by atoms with Crippen LogP contribution < -0.4 is 10.5 Å². The summed E-state index contributed by atoms with van der Waals surface area (Å²) in [6.07, 6.45) is 11.2. The summed E-state index contributed by atoms with van der Waals surface area (Å²) < 4.78 is 5.84. The van der Waals surface area contributed by atoms with Crippen LogP contribution in [0.3, 0.4) is 0 Å². The van der Waals surface area contributed by atoms with E-state index in [0.29, 0.717) is 37.0 Å². The van der Waals surface area contributed by atoms with Crippen molar-refractivity contribution in [1.82, 2.24) is 4.90 Å². The van der Waals surface area contributed by atoms with Gasteiger partial charge in [-0.3, -0.25) is 9.69 Å². The number of aliphatic hydroxyl groups is 1. The van der Waals surface area contributed by atoms with Crippen molar-refractivity contribution in [2.24, 2.45) is 29.4 Å². The van der Waals surface area contributed by atoms with Gasteiger partial charge in [0, 0.05) is 24.9 Å². The first-order valence-corrected chi connectivity index (χ1v) is 15.9. The smallest absolute Gasteiger partial charge is 0.140 e. The van der Waals surface area contributed by atoms with E-state index >= 15 is 0 Å². The van der Waals surface area contributed by atoms with Gasteiger partial charge in [-0.05, 0) is 142 Å². The Morgan fingerprint density at radius 2 is 1.76 bits per heavy atom. The van der Waals surface area contributed by atoms with Gasteiger partial charge in [0.25, 0.3) is 0 Å². The number of carbonyl (C=O) groups is 1. The first-order chi connectivity index (χ1) is 20.3. The van der Waals surface area contributed by atoms with Crippen LogP contribution >= 0.6 is 0 Å². The Labute approximate surface area is 251 Å².